The number of H-pyrrole nitrogens is 1. The highest BCUT2D eigenvalue weighted by molar-refractivity contribution is 6.36. The quantitative estimate of drug-likeness (QED) is 0.288. The van der Waals surface area contributed by atoms with E-state index >= 15 is 0 Å². The summed E-state index contributed by atoms with van der Waals surface area (Å²) >= 11 is 6.65. The molecule has 9 nitrogen and oxygen atoms in total. The molecule has 0 saturated carbocycles. The minimum atomic E-state index is -0.280. The Morgan fingerprint density at radius 1 is 1.03 bits per heavy atom. The maximum atomic E-state index is 9.76. The monoisotopic (exact) mass is 482 g/mol. The molecule has 0 aliphatic rings. The molecule has 0 fully saturated rings. The van der Waals surface area contributed by atoms with Gasteiger partial charge in [0, 0.05) is 23.3 Å². The molecule has 0 saturated heterocycles. The van der Waals surface area contributed by atoms with Gasteiger partial charge in [-0.15, -0.1) is 0 Å². The first-order valence-electron chi connectivity index (χ1n) is 10.6. The molecule has 0 aliphatic carbocycles. The Morgan fingerprint density at radius 3 is 2.57 bits per heavy atom. The predicted octanol–water partition coefficient (Wildman–Crippen LogP) is 5.23. The lowest BCUT2D eigenvalue weighted by atomic mass is 10.0. The third-order valence-electron chi connectivity index (χ3n) is 5.43. The Bertz CT molecular complexity index is 1500. The van der Waals surface area contributed by atoms with Gasteiger partial charge in [0.2, 0.25) is 5.88 Å². The molecular formula is C25H19ClN8O. The van der Waals surface area contributed by atoms with E-state index in [1.807, 2.05) is 42.5 Å². The zero-order valence-electron chi connectivity index (χ0n) is 18.5. The Labute approximate surface area is 205 Å². The first-order chi connectivity index (χ1) is 17.2. The second-order valence-electron chi connectivity index (χ2n) is 7.61. The number of nitriles is 1. The topological polar surface area (TPSA) is 124 Å². The minimum absolute atomic E-state index is 0.280. The van der Waals surface area contributed by atoms with Crippen LogP contribution in [0.2, 0.25) is 5.02 Å². The Hall–Kier alpha value is -4.68. The van der Waals surface area contributed by atoms with Crippen molar-refractivity contribution in [2.75, 3.05) is 17.7 Å². The highest BCUT2D eigenvalue weighted by atomic mass is 35.5. The number of benzene rings is 2. The Kier molecular flexibility index (Phi) is 6.11. The summed E-state index contributed by atoms with van der Waals surface area (Å²) in [5.41, 5.74) is 4.66. The number of aromatic nitrogens is 5. The lowest BCUT2D eigenvalue weighted by molar-refractivity contribution is 0.398. The van der Waals surface area contributed by atoms with E-state index in [1.165, 1.54) is 6.20 Å². The van der Waals surface area contributed by atoms with Crippen LogP contribution in [0.15, 0.2) is 73.2 Å². The molecule has 5 rings (SSSR count). The lowest BCUT2D eigenvalue weighted by Crippen LogP contribution is -2.13. The first-order valence-corrected chi connectivity index (χ1v) is 11.0. The van der Waals surface area contributed by atoms with Crippen LogP contribution in [-0.4, -0.2) is 32.5 Å². The first kappa shape index (κ1) is 22.1. The van der Waals surface area contributed by atoms with Gasteiger partial charge in [-0.1, -0.05) is 41.9 Å². The van der Waals surface area contributed by atoms with Crippen molar-refractivity contribution < 1.29 is 4.74 Å². The van der Waals surface area contributed by atoms with E-state index in [-0.39, 0.29) is 6.04 Å². The van der Waals surface area contributed by atoms with Crippen LogP contribution in [0.5, 0.6) is 5.88 Å². The van der Waals surface area contributed by atoms with Crippen LogP contribution < -0.4 is 15.4 Å². The molecule has 0 aliphatic heterocycles. The van der Waals surface area contributed by atoms with Crippen LogP contribution in [0.1, 0.15) is 22.9 Å². The van der Waals surface area contributed by atoms with Gasteiger partial charge < -0.3 is 15.4 Å². The van der Waals surface area contributed by atoms with Gasteiger partial charge in [0.15, 0.2) is 0 Å². The fraction of sp³-hybridized carbons (Fsp3) is 0.0800. The van der Waals surface area contributed by atoms with E-state index in [2.05, 4.69) is 42.1 Å². The summed E-state index contributed by atoms with van der Waals surface area (Å²) in [6, 6.07) is 19.1. The van der Waals surface area contributed by atoms with Crippen molar-refractivity contribution in [2.24, 2.45) is 0 Å². The average Bonchev–Trinajstić information content (AvgIpc) is 3.43. The summed E-state index contributed by atoms with van der Waals surface area (Å²) in [4.78, 5) is 8.65. The molecule has 5 aromatic rings. The van der Waals surface area contributed by atoms with Crippen LogP contribution >= 0.6 is 11.6 Å². The van der Waals surface area contributed by atoms with Gasteiger partial charge in [0.1, 0.15) is 11.8 Å². The highest BCUT2D eigenvalue weighted by Crippen LogP contribution is 2.36. The van der Waals surface area contributed by atoms with E-state index in [0.717, 1.165) is 16.9 Å². The summed E-state index contributed by atoms with van der Waals surface area (Å²) in [6.45, 7) is 0. The number of hydrogen-bond acceptors (Lipinski definition) is 8. The predicted molar refractivity (Wildman–Crippen MR) is 134 cm³/mol. The Balaban J connectivity index is 1.59. The number of anilines is 3. The lowest BCUT2D eigenvalue weighted by Gasteiger charge is -2.20. The van der Waals surface area contributed by atoms with Crippen LogP contribution in [0, 0.1) is 11.3 Å². The SMILES string of the molecule is COc1ccc(Nc2c(C#N)cnc3c(Cl)cc(N[C@@H](c4ccccc4)c4cn[nH]n4)cc23)cn1. The zero-order chi connectivity index (χ0) is 24.2. The van der Waals surface area contributed by atoms with Crippen LogP contribution in [0.25, 0.3) is 10.9 Å². The van der Waals surface area contributed by atoms with Gasteiger partial charge in [0.25, 0.3) is 0 Å². The standard InChI is InChI=1S/C25H19ClN8O/c1-35-22-8-7-17(13-28-22)31-23-16(11-27)12-29-25-19(23)9-18(10-20(25)26)32-24(21-14-30-34-33-21)15-5-3-2-4-6-15/h2-10,12-14,24,32H,1H3,(H,29,31)(H,30,33,34)/t24-/m0/s1. The number of methoxy groups -OCH3 is 1. The maximum Gasteiger partial charge on any atom is 0.213 e. The smallest absolute Gasteiger partial charge is 0.213 e. The summed E-state index contributed by atoms with van der Waals surface area (Å²) < 4.78 is 5.13. The van der Waals surface area contributed by atoms with E-state index in [4.69, 9.17) is 16.3 Å². The number of halogens is 1. The average molecular weight is 483 g/mol. The molecule has 3 heterocycles. The summed E-state index contributed by atoms with van der Waals surface area (Å²) in [5, 5.41) is 28.6. The third-order valence-corrected chi connectivity index (χ3v) is 5.72. The fourth-order valence-electron chi connectivity index (χ4n) is 3.77. The molecule has 3 aromatic heterocycles. The molecular weight excluding hydrogens is 464 g/mol. The Morgan fingerprint density at radius 2 is 1.89 bits per heavy atom. The van der Waals surface area contributed by atoms with Crippen molar-refractivity contribution in [3.63, 3.8) is 0 Å². The van der Waals surface area contributed by atoms with Crippen molar-refractivity contribution in [3.05, 3.63) is 95.0 Å². The molecule has 0 amide bonds. The number of rotatable bonds is 7. The molecule has 3 N–H and O–H groups in total. The number of ether oxygens (including phenoxy) is 1. The molecule has 2 aromatic carbocycles. The molecule has 35 heavy (non-hydrogen) atoms. The number of fused-ring (bicyclic) bond motifs is 1. The van der Waals surface area contributed by atoms with Gasteiger partial charge in [-0.05, 0) is 23.8 Å². The fourth-order valence-corrected chi connectivity index (χ4v) is 4.04. The van der Waals surface area contributed by atoms with Crippen molar-refractivity contribution in [3.8, 4) is 11.9 Å². The molecule has 0 radical (unpaired) electrons. The van der Waals surface area contributed by atoms with E-state index in [1.54, 1.807) is 31.6 Å². The molecule has 10 heteroatoms. The minimum Gasteiger partial charge on any atom is -0.481 e. The van der Waals surface area contributed by atoms with Gasteiger partial charge in [0.05, 0.1) is 53.0 Å². The number of hydrogen-bond donors (Lipinski definition) is 3. The number of nitrogens with one attached hydrogen (secondary N) is 3. The molecule has 0 bridgehead atoms. The summed E-state index contributed by atoms with van der Waals surface area (Å²) in [6.07, 6.45) is 4.81. The van der Waals surface area contributed by atoms with Gasteiger partial charge in [-0.3, -0.25) is 4.98 Å². The number of nitrogens with zero attached hydrogens (tertiary/aromatic N) is 5. The van der Waals surface area contributed by atoms with E-state index in [9.17, 15) is 5.26 Å². The third kappa shape index (κ3) is 4.55. The summed E-state index contributed by atoms with van der Waals surface area (Å²) in [5.74, 6) is 0.491. The largest absolute Gasteiger partial charge is 0.481 e. The van der Waals surface area contributed by atoms with Crippen LogP contribution in [-0.2, 0) is 0 Å². The van der Waals surface area contributed by atoms with Gasteiger partial charge >= 0.3 is 0 Å². The van der Waals surface area contributed by atoms with Gasteiger partial charge in [-0.25, -0.2) is 4.98 Å². The molecule has 1 atom stereocenters. The van der Waals surface area contributed by atoms with Crippen molar-refractivity contribution in [1.82, 2.24) is 25.4 Å². The van der Waals surface area contributed by atoms with Crippen LogP contribution in [0.3, 0.4) is 0 Å². The molecule has 172 valence electrons. The van der Waals surface area contributed by atoms with Gasteiger partial charge in [-0.2, -0.15) is 20.7 Å². The number of pyridine rings is 2. The van der Waals surface area contributed by atoms with Crippen molar-refractivity contribution in [2.45, 2.75) is 6.04 Å². The number of aromatic amines is 1. The van der Waals surface area contributed by atoms with Crippen LogP contribution in [0.4, 0.5) is 17.1 Å². The molecule has 0 spiro atoms. The second-order valence-corrected chi connectivity index (χ2v) is 8.02. The molecule has 0 unspecified atom stereocenters. The van der Waals surface area contributed by atoms with Crippen molar-refractivity contribution >= 4 is 39.6 Å². The summed E-state index contributed by atoms with van der Waals surface area (Å²) in [7, 11) is 1.55. The van der Waals surface area contributed by atoms with E-state index in [0.29, 0.717) is 38.7 Å². The zero-order valence-corrected chi connectivity index (χ0v) is 19.3. The highest BCUT2D eigenvalue weighted by Gasteiger charge is 2.19. The van der Waals surface area contributed by atoms with Crippen molar-refractivity contribution in [1.29, 1.82) is 5.26 Å². The second kappa shape index (κ2) is 9.67. The maximum absolute atomic E-state index is 9.76. The normalized spacial score (nSPS) is 11.6. The van der Waals surface area contributed by atoms with E-state index < -0.39 is 0 Å².